The fraction of sp³-hybridized carbons (Fsp3) is 0.500. The zero-order chi connectivity index (χ0) is 9.31. The standard InChI is InChI=1S/C12H17N.ClH/c1-10-4-6-11(7-5-10)12(13)8-2-3-9-12;/h4-7H,2-3,8-9,13H2,1H3;1H. The topological polar surface area (TPSA) is 26.0 Å². The van der Waals surface area contributed by atoms with Crippen molar-refractivity contribution in [3.05, 3.63) is 35.4 Å². The van der Waals surface area contributed by atoms with Crippen molar-refractivity contribution in [3.63, 3.8) is 0 Å². The van der Waals surface area contributed by atoms with Gasteiger partial charge in [0.05, 0.1) is 0 Å². The van der Waals surface area contributed by atoms with Crippen molar-refractivity contribution in [1.29, 1.82) is 0 Å². The van der Waals surface area contributed by atoms with Gasteiger partial charge in [0.25, 0.3) is 0 Å². The summed E-state index contributed by atoms with van der Waals surface area (Å²) >= 11 is 0. The summed E-state index contributed by atoms with van der Waals surface area (Å²) in [4.78, 5) is 0. The quantitative estimate of drug-likeness (QED) is 0.759. The van der Waals surface area contributed by atoms with Gasteiger partial charge in [0.1, 0.15) is 0 Å². The van der Waals surface area contributed by atoms with Crippen LogP contribution < -0.4 is 5.73 Å². The summed E-state index contributed by atoms with van der Waals surface area (Å²) in [5.41, 5.74) is 8.94. The van der Waals surface area contributed by atoms with Gasteiger partial charge in [-0.25, -0.2) is 0 Å². The molecule has 0 bridgehead atoms. The molecule has 1 aromatic carbocycles. The number of nitrogens with two attached hydrogens (primary N) is 1. The maximum Gasteiger partial charge on any atom is 0.0409 e. The minimum atomic E-state index is -0.0201. The van der Waals surface area contributed by atoms with Gasteiger partial charge in [-0.15, -0.1) is 12.4 Å². The molecule has 1 nitrogen and oxygen atoms in total. The highest BCUT2D eigenvalue weighted by Gasteiger charge is 2.30. The Morgan fingerprint density at radius 2 is 1.57 bits per heavy atom. The van der Waals surface area contributed by atoms with E-state index in [1.54, 1.807) is 0 Å². The van der Waals surface area contributed by atoms with Crippen LogP contribution in [0.1, 0.15) is 36.8 Å². The van der Waals surface area contributed by atoms with E-state index >= 15 is 0 Å². The Balaban J connectivity index is 0.000000980. The molecular formula is C12H18ClN. The minimum Gasteiger partial charge on any atom is -0.321 e. The predicted octanol–water partition coefficient (Wildman–Crippen LogP) is 3.14. The molecule has 0 unspecified atom stereocenters. The van der Waals surface area contributed by atoms with Crippen LogP contribution in [0, 0.1) is 6.92 Å². The van der Waals surface area contributed by atoms with Crippen LogP contribution in [0.2, 0.25) is 0 Å². The second kappa shape index (κ2) is 4.33. The smallest absolute Gasteiger partial charge is 0.0409 e. The molecule has 1 aliphatic carbocycles. The first kappa shape index (κ1) is 11.5. The molecule has 0 amide bonds. The van der Waals surface area contributed by atoms with Gasteiger partial charge in [-0.3, -0.25) is 0 Å². The predicted molar refractivity (Wildman–Crippen MR) is 62.8 cm³/mol. The molecule has 1 saturated carbocycles. The molecule has 78 valence electrons. The molecule has 2 rings (SSSR count). The highest BCUT2D eigenvalue weighted by molar-refractivity contribution is 5.85. The number of rotatable bonds is 1. The molecule has 0 aliphatic heterocycles. The number of halogens is 1. The van der Waals surface area contributed by atoms with Crippen LogP contribution in [-0.4, -0.2) is 0 Å². The third-order valence-electron chi connectivity index (χ3n) is 3.12. The normalized spacial score (nSPS) is 19.0. The van der Waals surface area contributed by atoms with Gasteiger partial charge in [0.2, 0.25) is 0 Å². The maximum absolute atomic E-state index is 6.33. The second-order valence-corrected chi connectivity index (χ2v) is 4.23. The van der Waals surface area contributed by atoms with Gasteiger partial charge in [-0.05, 0) is 25.3 Å². The van der Waals surface area contributed by atoms with Crippen molar-refractivity contribution >= 4 is 12.4 Å². The lowest BCUT2D eigenvalue weighted by atomic mass is 9.89. The Labute approximate surface area is 92.1 Å². The first-order valence-electron chi connectivity index (χ1n) is 5.07. The Morgan fingerprint density at radius 3 is 2.07 bits per heavy atom. The summed E-state index contributed by atoms with van der Waals surface area (Å²) in [7, 11) is 0. The summed E-state index contributed by atoms with van der Waals surface area (Å²) in [6.07, 6.45) is 4.86. The van der Waals surface area contributed by atoms with E-state index in [1.807, 2.05) is 0 Å². The molecule has 1 aliphatic rings. The van der Waals surface area contributed by atoms with E-state index in [1.165, 1.54) is 24.0 Å². The summed E-state index contributed by atoms with van der Waals surface area (Å²) < 4.78 is 0. The van der Waals surface area contributed by atoms with E-state index in [0.29, 0.717) is 0 Å². The van der Waals surface area contributed by atoms with E-state index in [9.17, 15) is 0 Å². The van der Waals surface area contributed by atoms with Crippen LogP contribution in [0.4, 0.5) is 0 Å². The van der Waals surface area contributed by atoms with E-state index in [-0.39, 0.29) is 17.9 Å². The summed E-state index contributed by atoms with van der Waals surface area (Å²) in [5.74, 6) is 0. The first-order valence-corrected chi connectivity index (χ1v) is 5.07. The van der Waals surface area contributed by atoms with Crippen molar-refractivity contribution in [2.45, 2.75) is 38.1 Å². The molecule has 0 atom stereocenters. The third-order valence-corrected chi connectivity index (χ3v) is 3.12. The molecule has 0 aromatic heterocycles. The molecule has 2 N–H and O–H groups in total. The second-order valence-electron chi connectivity index (χ2n) is 4.23. The van der Waals surface area contributed by atoms with Crippen LogP contribution >= 0.6 is 12.4 Å². The molecule has 14 heavy (non-hydrogen) atoms. The van der Waals surface area contributed by atoms with Crippen molar-refractivity contribution < 1.29 is 0 Å². The highest BCUT2D eigenvalue weighted by Crippen LogP contribution is 2.36. The lowest BCUT2D eigenvalue weighted by Crippen LogP contribution is -2.32. The number of benzene rings is 1. The molecule has 0 radical (unpaired) electrons. The molecule has 0 heterocycles. The lowest BCUT2D eigenvalue weighted by molar-refractivity contribution is 0.461. The van der Waals surface area contributed by atoms with E-state index in [0.717, 1.165) is 12.8 Å². The van der Waals surface area contributed by atoms with Crippen LogP contribution in [0.5, 0.6) is 0 Å². The molecule has 1 aromatic rings. The van der Waals surface area contributed by atoms with Gasteiger partial charge < -0.3 is 5.73 Å². The van der Waals surface area contributed by atoms with Crippen molar-refractivity contribution in [2.24, 2.45) is 5.73 Å². The monoisotopic (exact) mass is 211 g/mol. The molecular weight excluding hydrogens is 194 g/mol. The van der Waals surface area contributed by atoms with Crippen LogP contribution in [-0.2, 0) is 5.54 Å². The average Bonchev–Trinajstić information content (AvgIpc) is 2.54. The Hall–Kier alpha value is -0.530. The third kappa shape index (κ3) is 2.10. The van der Waals surface area contributed by atoms with Gasteiger partial charge >= 0.3 is 0 Å². The van der Waals surface area contributed by atoms with Crippen LogP contribution in [0.15, 0.2) is 24.3 Å². The first-order chi connectivity index (χ1) is 6.21. The number of aryl methyl sites for hydroxylation is 1. The maximum atomic E-state index is 6.33. The number of hydrogen-bond acceptors (Lipinski definition) is 1. The minimum absolute atomic E-state index is 0. The summed E-state index contributed by atoms with van der Waals surface area (Å²) in [5, 5.41) is 0. The fourth-order valence-electron chi connectivity index (χ4n) is 2.18. The van der Waals surface area contributed by atoms with Crippen molar-refractivity contribution in [1.82, 2.24) is 0 Å². The lowest BCUT2D eigenvalue weighted by Gasteiger charge is -2.24. The average molecular weight is 212 g/mol. The zero-order valence-corrected chi connectivity index (χ0v) is 9.44. The Kier molecular flexibility index (Phi) is 3.57. The zero-order valence-electron chi connectivity index (χ0n) is 8.62. The molecule has 0 spiro atoms. The molecule has 2 heteroatoms. The van der Waals surface area contributed by atoms with Crippen LogP contribution in [0.25, 0.3) is 0 Å². The summed E-state index contributed by atoms with van der Waals surface area (Å²) in [6.45, 7) is 2.11. The van der Waals surface area contributed by atoms with Crippen molar-refractivity contribution in [3.8, 4) is 0 Å². The van der Waals surface area contributed by atoms with Crippen LogP contribution in [0.3, 0.4) is 0 Å². The fourth-order valence-corrected chi connectivity index (χ4v) is 2.18. The molecule has 1 fully saturated rings. The van der Waals surface area contributed by atoms with Gasteiger partial charge in [0.15, 0.2) is 0 Å². The van der Waals surface area contributed by atoms with Gasteiger partial charge in [-0.1, -0.05) is 42.7 Å². The van der Waals surface area contributed by atoms with Crippen molar-refractivity contribution in [2.75, 3.05) is 0 Å². The largest absolute Gasteiger partial charge is 0.321 e. The Bertz CT molecular complexity index is 286. The Morgan fingerprint density at radius 1 is 1.07 bits per heavy atom. The van der Waals surface area contributed by atoms with E-state index < -0.39 is 0 Å². The van der Waals surface area contributed by atoms with E-state index in [2.05, 4.69) is 31.2 Å². The highest BCUT2D eigenvalue weighted by atomic mass is 35.5. The SMILES string of the molecule is Cc1ccc(C2(N)CCCC2)cc1.Cl. The molecule has 0 saturated heterocycles. The number of hydrogen-bond donors (Lipinski definition) is 1. The van der Waals surface area contributed by atoms with Gasteiger partial charge in [-0.2, -0.15) is 0 Å². The summed E-state index contributed by atoms with van der Waals surface area (Å²) in [6, 6.07) is 8.67. The van der Waals surface area contributed by atoms with Gasteiger partial charge in [0, 0.05) is 5.54 Å². The van der Waals surface area contributed by atoms with E-state index in [4.69, 9.17) is 5.73 Å².